The Morgan fingerprint density at radius 2 is 2.28 bits per heavy atom. The average Bonchev–Trinajstić information content (AvgIpc) is 2.66. The van der Waals surface area contributed by atoms with Crippen molar-refractivity contribution in [1.82, 2.24) is 4.72 Å². The maximum atomic E-state index is 11.9. The first-order valence-electron chi connectivity index (χ1n) is 4.75. The molecule has 1 aromatic heterocycles. The van der Waals surface area contributed by atoms with Crippen LogP contribution in [0.5, 0.6) is 0 Å². The van der Waals surface area contributed by atoms with Gasteiger partial charge in [0.1, 0.15) is 8.13 Å². The number of methoxy groups -OCH3 is 1. The van der Waals surface area contributed by atoms with Gasteiger partial charge in [0.05, 0.1) is 11.4 Å². The predicted octanol–water partition coefficient (Wildman–Crippen LogP) is 1.96. The van der Waals surface area contributed by atoms with Gasteiger partial charge < -0.3 is 4.74 Å². The molecule has 0 spiro atoms. The molecule has 0 aliphatic rings. The van der Waals surface area contributed by atoms with E-state index >= 15 is 0 Å². The van der Waals surface area contributed by atoms with Crippen molar-refractivity contribution in [3.63, 3.8) is 0 Å². The molecule has 1 rings (SSSR count). The molecule has 1 unspecified atom stereocenters. The standard InChI is InChI=1S/C9H11ClINO4S2/c1-5-3-7(17-8(5)10)18(14,15)12-4-6(11)9(13)16-2/h3,6,12H,4H2,1-2H3. The summed E-state index contributed by atoms with van der Waals surface area (Å²) in [7, 11) is -2.37. The topological polar surface area (TPSA) is 72.5 Å². The quantitative estimate of drug-likeness (QED) is 0.446. The lowest BCUT2D eigenvalue weighted by molar-refractivity contribution is -0.139. The minimum absolute atomic E-state index is 0.0237. The minimum atomic E-state index is -3.63. The first-order chi connectivity index (χ1) is 8.27. The molecule has 1 atom stereocenters. The molecule has 0 aliphatic carbocycles. The maximum Gasteiger partial charge on any atom is 0.319 e. The largest absolute Gasteiger partial charge is 0.468 e. The summed E-state index contributed by atoms with van der Waals surface area (Å²) < 4.78 is 30.7. The number of alkyl halides is 1. The van der Waals surface area contributed by atoms with Crippen LogP contribution in [0.1, 0.15) is 5.56 Å². The molecule has 0 bridgehead atoms. The van der Waals surface area contributed by atoms with Gasteiger partial charge in [-0.25, -0.2) is 13.1 Å². The van der Waals surface area contributed by atoms with E-state index in [9.17, 15) is 13.2 Å². The highest BCUT2D eigenvalue weighted by Gasteiger charge is 2.22. The van der Waals surface area contributed by atoms with Crippen molar-refractivity contribution >= 4 is 61.5 Å². The van der Waals surface area contributed by atoms with Crippen molar-refractivity contribution in [2.45, 2.75) is 15.1 Å². The van der Waals surface area contributed by atoms with E-state index in [2.05, 4.69) is 9.46 Å². The number of rotatable bonds is 5. The van der Waals surface area contributed by atoms with Crippen LogP contribution < -0.4 is 4.72 Å². The molecule has 1 N–H and O–H groups in total. The van der Waals surface area contributed by atoms with Crippen molar-refractivity contribution in [3.8, 4) is 0 Å². The Morgan fingerprint density at radius 3 is 2.72 bits per heavy atom. The van der Waals surface area contributed by atoms with Gasteiger partial charge in [0.2, 0.25) is 10.0 Å². The number of ether oxygens (including phenoxy) is 1. The number of hydrogen-bond acceptors (Lipinski definition) is 5. The van der Waals surface area contributed by atoms with Crippen LogP contribution in [0.3, 0.4) is 0 Å². The highest BCUT2D eigenvalue weighted by atomic mass is 127. The van der Waals surface area contributed by atoms with Crippen LogP contribution in [0, 0.1) is 6.92 Å². The number of esters is 1. The van der Waals surface area contributed by atoms with Gasteiger partial charge in [-0.2, -0.15) is 0 Å². The first-order valence-corrected chi connectivity index (χ1v) is 8.67. The Bertz CT molecular complexity index is 523. The van der Waals surface area contributed by atoms with Gasteiger partial charge in [-0.15, -0.1) is 11.3 Å². The summed E-state index contributed by atoms with van der Waals surface area (Å²) in [6.45, 7) is 1.71. The lowest BCUT2D eigenvalue weighted by Crippen LogP contribution is -2.33. The van der Waals surface area contributed by atoms with Crippen LogP contribution in [0.4, 0.5) is 0 Å². The minimum Gasteiger partial charge on any atom is -0.468 e. The average molecular weight is 424 g/mol. The van der Waals surface area contributed by atoms with Crippen LogP contribution in [-0.2, 0) is 19.6 Å². The molecule has 5 nitrogen and oxygen atoms in total. The van der Waals surface area contributed by atoms with Crippen LogP contribution in [0.15, 0.2) is 10.3 Å². The summed E-state index contributed by atoms with van der Waals surface area (Å²) in [4.78, 5) is 11.1. The van der Waals surface area contributed by atoms with Crippen LogP contribution in [0.2, 0.25) is 4.34 Å². The molecular formula is C9H11ClINO4S2. The van der Waals surface area contributed by atoms with Gasteiger partial charge in [0, 0.05) is 6.54 Å². The normalized spacial score (nSPS) is 13.3. The van der Waals surface area contributed by atoms with E-state index in [1.165, 1.54) is 13.2 Å². The molecule has 18 heavy (non-hydrogen) atoms. The fraction of sp³-hybridized carbons (Fsp3) is 0.444. The smallest absolute Gasteiger partial charge is 0.319 e. The Balaban J connectivity index is 2.74. The van der Waals surface area contributed by atoms with E-state index in [-0.39, 0.29) is 10.8 Å². The summed E-state index contributed by atoms with van der Waals surface area (Å²) in [5, 5.41) is 0. The molecule has 0 saturated heterocycles. The number of carbonyl (C=O) groups is 1. The fourth-order valence-corrected chi connectivity index (χ4v) is 4.60. The van der Waals surface area contributed by atoms with Gasteiger partial charge >= 0.3 is 5.97 Å². The second-order valence-electron chi connectivity index (χ2n) is 3.36. The summed E-state index contributed by atoms with van der Waals surface area (Å²) in [5.41, 5.74) is 0.709. The molecule has 0 aliphatic heterocycles. The number of thiophene rings is 1. The van der Waals surface area contributed by atoms with E-state index in [4.69, 9.17) is 11.6 Å². The molecule has 102 valence electrons. The Hall–Kier alpha value is 0.1000. The number of halogens is 2. The van der Waals surface area contributed by atoms with E-state index in [0.29, 0.717) is 9.90 Å². The van der Waals surface area contributed by atoms with E-state index in [1.807, 2.05) is 22.6 Å². The van der Waals surface area contributed by atoms with Gasteiger partial charge in [-0.1, -0.05) is 34.2 Å². The van der Waals surface area contributed by atoms with Crippen LogP contribution in [-0.4, -0.2) is 32.0 Å². The van der Waals surface area contributed by atoms with Crippen molar-refractivity contribution in [3.05, 3.63) is 16.0 Å². The second-order valence-corrected chi connectivity index (χ2v) is 8.52. The Morgan fingerprint density at radius 1 is 1.67 bits per heavy atom. The Labute approximate surface area is 128 Å². The molecule has 1 heterocycles. The number of hydrogen-bond donors (Lipinski definition) is 1. The molecule has 0 saturated carbocycles. The third-order valence-corrected chi connectivity index (χ3v) is 6.41. The first kappa shape index (κ1) is 16.2. The highest BCUT2D eigenvalue weighted by Crippen LogP contribution is 2.29. The van der Waals surface area contributed by atoms with Crippen molar-refractivity contribution in [2.75, 3.05) is 13.7 Å². The van der Waals surface area contributed by atoms with Crippen molar-refractivity contribution < 1.29 is 17.9 Å². The molecule has 9 heteroatoms. The zero-order valence-electron chi connectivity index (χ0n) is 9.57. The number of aryl methyl sites for hydroxylation is 1. The predicted molar refractivity (Wildman–Crippen MR) is 79.1 cm³/mol. The molecule has 0 amide bonds. The van der Waals surface area contributed by atoms with Crippen LogP contribution in [0.25, 0.3) is 0 Å². The molecule has 0 aromatic carbocycles. The molecule has 0 radical (unpaired) electrons. The summed E-state index contributed by atoms with van der Waals surface area (Å²) in [6, 6.07) is 1.50. The lowest BCUT2D eigenvalue weighted by atomic mass is 10.4. The van der Waals surface area contributed by atoms with Gasteiger partial charge in [-0.3, -0.25) is 4.79 Å². The fourth-order valence-electron chi connectivity index (χ4n) is 1.03. The lowest BCUT2D eigenvalue weighted by Gasteiger charge is -2.08. The number of sulfonamides is 1. The number of nitrogens with one attached hydrogen (secondary N) is 1. The van der Waals surface area contributed by atoms with Gasteiger partial charge in [-0.05, 0) is 18.6 Å². The third-order valence-electron chi connectivity index (χ3n) is 2.01. The second kappa shape index (κ2) is 6.51. The Kier molecular flexibility index (Phi) is 5.84. The summed E-state index contributed by atoms with van der Waals surface area (Å²) in [5.74, 6) is -0.473. The summed E-state index contributed by atoms with van der Waals surface area (Å²) in [6.07, 6.45) is 0. The monoisotopic (exact) mass is 423 g/mol. The number of carbonyl (C=O) groups excluding carboxylic acids is 1. The van der Waals surface area contributed by atoms with Crippen LogP contribution >= 0.6 is 45.5 Å². The van der Waals surface area contributed by atoms with E-state index < -0.39 is 19.9 Å². The van der Waals surface area contributed by atoms with E-state index in [1.54, 1.807) is 6.92 Å². The third kappa shape index (κ3) is 4.05. The van der Waals surface area contributed by atoms with E-state index in [0.717, 1.165) is 11.3 Å². The molecule has 1 aromatic rings. The van der Waals surface area contributed by atoms with Gasteiger partial charge in [0.15, 0.2) is 0 Å². The van der Waals surface area contributed by atoms with Gasteiger partial charge in [0.25, 0.3) is 0 Å². The molecule has 0 fully saturated rings. The zero-order chi connectivity index (χ0) is 13.9. The van der Waals surface area contributed by atoms with Crippen molar-refractivity contribution in [2.24, 2.45) is 0 Å². The summed E-state index contributed by atoms with van der Waals surface area (Å²) >= 11 is 8.62. The maximum absolute atomic E-state index is 11.9. The SMILES string of the molecule is COC(=O)C(I)CNS(=O)(=O)c1cc(C)c(Cl)s1. The zero-order valence-corrected chi connectivity index (χ0v) is 14.1. The molecular weight excluding hydrogens is 413 g/mol. The highest BCUT2D eigenvalue weighted by molar-refractivity contribution is 14.1. The van der Waals surface area contributed by atoms with Crippen molar-refractivity contribution in [1.29, 1.82) is 0 Å².